The van der Waals surface area contributed by atoms with Gasteiger partial charge in [0.05, 0.1) is 5.56 Å². The van der Waals surface area contributed by atoms with Crippen molar-refractivity contribution in [2.24, 2.45) is 5.34 Å². The van der Waals surface area contributed by atoms with Crippen LogP contribution in [0, 0.1) is 11.8 Å². The Kier molecular flexibility index (Phi) is 4.87. The van der Waals surface area contributed by atoms with Crippen LogP contribution in [0.3, 0.4) is 0 Å². The highest BCUT2D eigenvalue weighted by Gasteiger charge is 1.99. The lowest BCUT2D eigenvalue weighted by Crippen LogP contribution is -1.95. The largest absolute Gasteiger partial charge is 0.478 e. The Morgan fingerprint density at radius 1 is 1.46 bits per heavy atom. The van der Waals surface area contributed by atoms with Crippen LogP contribution in [0.1, 0.15) is 15.9 Å². The van der Waals surface area contributed by atoms with E-state index in [0.29, 0.717) is 5.56 Å². The lowest BCUT2D eigenvalue weighted by molar-refractivity contribution is 0.0697. The van der Waals surface area contributed by atoms with Gasteiger partial charge in [-0.05, 0) is 19.1 Å². The van der Waals surface area contributed by atoms with Crippen molar-refractivity contribution in [1.29, 1.82) is 0 Å². The molecule has 0 aliphatic rings. The number of hydrogen-bond acceptors (Lipinski definition) is 3. The third-order valence-corrected chi connectivity index (χ3v) is 1.27. The molecule has 5 nitrogen and oxygen atoms in total. The number of aryl methyl sites for hydroxylation is 1. The van der Waals surface area contributed by atoms with E-state index in [0.717, 1.165) is 5.56 Å². The highest BCUT2D eigenvalue weighted by Crippen LogP contribution is 2.02. The molecule has 0 amide bonds. The van der Waals surface area contributed by atoms with Gasteiger partial charge in [-0.25, -0.2) is 4.79 Å². The standard InChI is InChI=1S/C8H8O2.HNO2/c1-6-3-2-4-7(5-6)8(9)10;2-1-3/h2-5H,1H3,(H,9,10);(H,2,3). The maximum Gasteiger partial charge on any atom is 0.335 e. The molecule has 1 aromatic rings. The van der Waals surface area contributed by atoms with Crippen LogP contribution < -0.4 is 0 Å². The first-order chi connectivity index (χ1) is 6.11. The smallest absolute Gasteiger partial charge is 0.335 e. The Morgan fingerprint density at radius 2 is 2.00 bits per heavy atom. The van der Waals surface area contributed by atoms with Crippen LogP contribution >= 0.6 is 0 Å². The summed E-state index contributed by atoms with van der Waals surface area (Å²) in [6.07, 6.45) is 0. The van der Waals surface area contributed by atoms with Gasteiger partial charge in [0.1, 0.15) is 0 Å². The average Bonchev–Trinajstić information content (AvgIpc) is 2.05. The molecule has 0 heterocycles. The normalized spacial score (nSPS) is 8.08. The lowest BCUT2D eigenvalue weighted by Gasteiger charge is -1.93. The molecule has 0 aliphatic heterocycles. The van der Waals surface area contributed by atoms with Gasteiger partial charge in [-0.15, -0.1) is 4.91 Å². The van der Waals surface area contributed by atoms with E-state index in [1.165, 1.54) is 5.34 Å². The summed E-state index contributed by atoms with van der Waals surface area (Å²) in [6, 6.07) is 6.82. The SMILES string of the molecule is Cc1cccc(C(=O)O)c1.O=NO. The summed E-state index contributed by atoms with van der Waals surface area (Å²) in [6.45, 7) is 1.87. The highest BCUT2D eigenvalue weighted by atomic mass is 16.6. The van der Waals surface area contributed by atoms with Crippen molar-refractivity contribution >= 4 is 5.97 Å². The second-order valence-corrected chi connectivity index (χ2v) is 2.26. The van der Waals surface area contributed by atoms with Gasteiger partial charge < -0.3 is 10.3 Å². The fourth-order valence-electron chi connectivity index (χ4n) is 0.778. The fraction of sp³-hybridized carbons (Fsp3) is 0.125. The molecule has 13 heavy (non-hydrogen) atoms. The Balaban J connectivity index is 0.000000424. The van der Waals surface area contributed by atoms with Gasteiger partial charge in [-0.2, -0.15) is 0 Å². The number of benzene rings is 1. The third kappa shape index (κ3) is 4.52. The summed E-state index contributed by atoms with van der Waals surface area (Å²) in [7, 11) is 0. The van der Waals surface area contributed by atoms with Gasteiger partial charge in [-0.1, -0.05) is 17.7 Å². The molecule has 0 unspecified atom stereocenters. The first-order valence-corrected chi connectivity index (χ1v) is 3.38. The summed E-state index contributed by atoms with van der Waals surface area (Å²) >= 11 is 0. The van der Waals surface area contributed by atoms with Crippen LogP contribution in [-0.4, -0.2) is 16.3 Å². The molecule has 0 aliphatic carbocycles. The van der Waals surface area contributed by atoms with Crippen LogP contribution in [0.15, 0.2) is 29.6 Å². The van der Waals surface area contributed by atoms with Gasteiger partial charge in [0, 0.05) is 0 Å². The Hall–Kier alpha value is -1.91. The molecule has 0 spiro atoms. The number of carboxylic acid groups (broad SMARTS) is 1. The maximum atomic E-state index is 10.4. The monoisotopic (exact) mass is 183 g/mol. The van der Waals surface area contributed by atoms with E-state index in [4.69, 9.17) is 15.2 Å². The van der Waals surface area contributed by atoms with E-state index in [1.807, 2.05) is 13.0 Å². The van der Waals surface area contributed by atoms with Gasteiger partial charge in [0.15, 0.2) is 5.34 Å². The van der Waals surface area contributed by atoms with Crippen LogP contribution in [-0.2, 0) is 0 Å². The lowest BCUT2D eigenvalue weighted by atomic mass is 10.1. The van der Waals surface area contributed by atoms with E-state index in [-0.39, 0.29) is 0 Å². The van der Waals surface area contributed by atoms with Crippen molar-refractivity contribution in [3.8, 4) is 0 Å². The molecule has 70 valence electrons. The molecule has 0 saturated heterocycles. The first kappa shape index (κ1) is 11.1. The zero-order valence-electron chi connectivity index (χ0n) is 6.97. The predicted octanol–water partition coefficient (Wildman–Crippen LogP) is 1.84. The topological polar surface area (TPSA) is 87.0 Å². The molecule has 0 radical (unpaired) electrons. The second kappa shape index (κ2) is 5.70. The quantitative estimate of drug-likeness (QED) is 0.513. The number of hydrogen-bond donors (Lipinski definition) is 2. The van der Waals surface area contributed by atoms with Crippen LogP contribution in [0.25, 0.3) is 0 Å². The molecule has 1 rings (SSSR count). The summed E-state index contributed by atoms with van der Waals surface area (Å²) in [5.74, 6) is -0.872. The molecular weight excluding hydrogens is 174 g/mol. The molecule has 0 bridgehead atoms. The van der Waals surface area contributed by atoms with Gasteiger partial charge in [-0.3, -0.25) is 0 Å². The number of carbonyl (C=O) groups is 1. The molecule has 5 heteroatoms. The van der Waals surface area contributed by atoms with E-state index in [1.54, 1.807) is 18.2 Å². The Morgan fingerprint density at radius 3 is 2.31 bits per heavy atom. The summed E-state index contributed by atoms with van der Waals surface area (Å²) in [5.41, 5.74) is 1.32. The molecule has 0 atom stereocenters. The van der Waals surface area contributed by atoms with Crippen LogP contribution in [0.4, 0.5) is 0 Å². The Labute approximate surface area is 74.6 Å². The van der Waals surface area contributed by atoms with E-state index >= 15 is 0 Å². The zero-order chi connectivity index (χ0) is 10.3. The molecule has 1 aromatic carbocycles. The number of carboxylic acids is 1. The summed E-state index contributed by atoms with van der Waals surface area (Å²) in [5, 5.41) is 16.4. The van der Waals surface area contributed by atoms with Crippen molar-refractivity contribution in [3.63, 3.8) is 0 Å². The molecule has 0 aromatic heterocycles. The van der Waals surface area contributed by atoms with Gasteiger partial charge >= 0.3 is 5.97 Å². The van der Waals surface area contributed by atoms with Crippen molar-refractivity contribution in [2.45, 2.75) is 6.92 Å². The van der Waals surface area contributed by atoms with Gasteiger partial charge in [0.25, 0.3) is 0 Å². The first-order valence-electron chi connectivity index (χ1n) is 3.38. The fourth-order valence-corrected chi connectivity index (χ4v) is 0.778. The van der Waals surface area contributed by atoms with E-state index in [2.05, 4.69) is 0 Å². The van der Waals surface area contributed by atoms with E-state index < -0.39 is 5.97 Å². The predicted molar refractivity (Wildman–Crippen MR) is 45.7 cm³/mol. The van der Waals surface area contributed by atoms with Crippen LogP contribution in [0.5, 0.6) is 0 Å². The van der Waals surface area contributed by atoms with Crippen molar-refractivity contribution < 1.29 is 15.1 Å². The minimum atomic E-state index is -0.872. The summed E-state index contributed by atoms with van der Waals surface area (Å²) in [4.78, 5) is 18.5. The molecule has 2 N–H and O–H groups in total. The van der Waals surface area contributed by atoms with Crippen LogP contribution in [0.2, 0.25) is 0 Å². The number of nitrogens with zero attached hydrogens (tertiary/aromatic N) is 1. The number of aromatic carboxylic acids is 1. The second-order valence-electron chi connectivity index (χ2n) is 2.26. The molecule has 0 saturated carbocycles. The zero-order valence-corrected chi connectivity index (χ0v) is 6.97. The minimum absolute atomic E-state index is 0.347. The number of rotatable bonds is 1. The van der Waals surface area contributed by atoms with Crippen molar-refractivity contribution in [3.05, 3.63) is 40.3 Å². The third-order valence-electron chi connectivity index (χ3n) is 1.27. The highest BCUT2D eigenvalue weighted by molar-refractivity contribution is 5.87. The van der Waals surface area contributed by atoms with E-state index in [9.17, 15) is 4.79 Å². The Bertz CT molecular complexity index is 298. The molecular formula is C8H9NO4. The average molecular weight is 183 g/mol. The molecule has 0 fully saturated rings. The maximum absolute atomic E-state index is 10.4. The van der Waals surface area contributed by atoms with Gasteiger partial charge in [0.2, 0.25) is 0 Å². The van der Waals surface area contributed by atoms with Crippen molar-refractivity contribution in [2.75, 3.05) is 0 Å². The van der Waals surface area contributed by atoms with Crippen molar-refractivity contribution in [1.82, 2.24) is 0 Å². The summed E-state index contributed by atoms with van der Waals surface area (Å²) < 4.78 is 0. The minimum Gasteiger partial charge on any atom is -0.478 e.